The van der Waals surface area contributed by atoms with Gasteiger partial charge in [0.15, 0.2) is 0 Å². The molecule has 0 spiro atoms. The van der Waals surface area contributed by atoms with E-state index >= 15 is 0 Å². The summed E-state index contributed by atoms with van der Waals surface area (Å²) in [4.78, 5) is -0.967. The molecule has 0 bridgehead atoms. The van der Waals surface area contributed by atoms with Crippen LogP contribution in [0.5, 0.6) is 0 Å². The summed E-state index contributed by atoms with van der Waals surface area (Å²) in [5, 5.41) is 10.4. The van der Waals surface area contributed by atoms with Gasteiger partial charge in [-0.15, -0.1) is 20.7 Å². The molecule has 0 unspecified atom stereocenters. The van der Waals surface area contributed by atoms with Gasteiger partial charge in [-0.3, -0.25) is 30.8 Å². The van der Waals surface area contributed by atoms with Crippen molar-refractivity contribution in [3.8, 4) is 0 Å². The minimum atomic E-state index is -4.74. The lowest BCUT2D eigenvalue weighted by Crippen LogP contribution is -2.46. The van der Waals surface area contributed by atoms with E-state index in [0.29, 0.717) is 0 Å². The monoisotopic (exact) mass is 532 g/mol. The number of nitrogens with zero attached hydrogens (tertiary/aromatic N) is 4. The number of hydrazone groups is 2. The molecule has 6 N–H and O–H groups in total. The molecule has 16 heteroatoms. The first-order valence-electron chi connectivity index (χ1n) is 10.1. The molecular formula is C20H20N8O6S2. The third-order valence-electron chi connectivity index (χ3n) is 4.68. The fourth-order valence-corrected chi connectivity index (χ4v) is 4.62. The molecule has 14 nitrogen and oxygen atoms in total. The average molecular weight is 533 g/mol. The molecule has 2 aliphatic heterocycles. The van der Waals surface area contributed by atoms with E-state index in [9.17, 15) is 25.9 Å². The number of hydrogen-bond donors (Lipinski definition) is 6. The Morgan fingerprint density at radius 2 is 1.08 bits per heavy atom. The molecule has 2 aromatic carbocycles. The van der Waals surface area contributed by atoms with Gasteiger partial charge in [0.05, 0.1) is 23.8 Å². The molecule has 0 aromatic heterocycles. The molecule has 0 fully saturated rings. The molecule has 2 aromatic rings. The van der Waals surface area contributed by atoms with Gasteiger partial charge in [-0.2, -0.15) is 16.8 Å². The van der Waals surface area contributed by atoms with Crippen molar-refractivity contribution in [3.05, 3.63) is 84.2 Å². The highest BCUT2D eigenvalue weighted by atomic mass is 32.2. The lowest BCUT2D eigenvalue weighted by atomic mass is 10.1. The first kappa shape index (κ1) is 24.7. The maximum Gasteiger partial charge on any atom is 0.295 e. The van der Waals surface area contributed by atoms with Crippen LogP contribution < -0.4 is 21.7 Å². The van der Waals surface area contributed by atoms with E-state index in [1.54, 1.807) is 12.2 Å². The summed E-state index contributed by atoms with van der Waals surface area (Å²) in [5.74, 6) is 0. The molecule has 2 heterocycles. The Morgan fingerprint density at radius 1 is 0.694 bits per heavy atom. The summed E-state index contributed by atoms with van der Waals surface area (Å²) in [6.07, 6.45) is 9.09. The summed E-state index contributed by atoms with van der Waals surface area (Å²) in [7, 11) is -9.48. The summed E-state index contributed by atoms with van der Waals surface area (Å²) in [6, 6.07) is 11.0. The molecule has 0 aliphatic carbocycles. The van der Waals surface area contributed by atoms with Gasteiger partial charge in [-0.25, -0.2) is 0 Å². The topological polar surface area (TPSA) is 188 Å². The molecule has 2 aliphatic rings. The average Bonchev–Trinajstić information content (AvgIpc) is 2.86. The van der Waals surface area contributed by atoms with E-state index in [4.69, 9.17) is 0 Å². The molecular weight excluding hydrogens is 512 g/mol. The molecule has 36 heavy (non-hydrogen) atoms. The predicted molar refractivity (Wildman–Crippen MR) is 131 cm³/mol. The second-order valence-electron chi connectivity index (χ2n) is 7.05. The largest absolute Gasteiger partial charge is 0.295 e. The summed E-state index contributed by atoms with van der Waals surface area (Å²) in [5.41, 5.74) is 11.0. The number of hydrogen-bond acceptors (Lipinski definition) is 12. The zero-order valence-corrected chi connectivity index (χ0v) is 19.8. The Balaban J connectivity index is 2.04. The van der Waals surface area contributed by atoms with Crippen molar-refractivity contribution in [2.75, 3.05) is 0 Å². The summed E-state index contributed by atoms with van der Waals surface area (Å²) >= 11 is 0. The molecule has 0 saturated carbocycles. The molecule has 0 atom stereocenters. The van der Waals surface area contributed by atoms with Crippen LogP contribution in [0.3, 0.4) is 0 Å². The van der Waals surface area contributed by atoms with Crippen LogP contribution in [0, 0.1) is 0 Å². The van der Waals surface area contributed by atoms with Crippen molar-refractivity contribution in [1.29, 1.82) is 0 Å². The number of allylic oxidation sites excluding steroid dienone is 2. The van der Waals surface area contributed by atoms with Crippen molar-refractivity contribution in [2.24, 2.45) is 10.2 Å². The number of hydrazine groups is 4. The predicted octanol–water partition coefficient (Wildman–Crippen LogP) is 0.654. The minimum absolute atomic E-state index is 0.0595. The smallest absolute Gasteiger partial charge is 0.282 e. The van der Waals surface area contributed by atoms with Crippen molar-refractivity contribution < 1.29 is 25.9 Å². The second kappa shape index (κ2) is 10.1. The van der Waals surface area contributed by atoms with Gasteiger partial charge in [-0.05, 0) is 24.3 Å². The quantitative estimate of drug-likeness (QED) is 0.206. The van der Waals surface area contributed by atoms with Gasteiger partial charge in [0.1, 0.15) is 9.79 Å². The SMILES string of the molecule is O=S(=O)(O)c1ccccc1C(NN1N=CC=CN1)=C(NN1N=CC=CN1)c1ccccc1S(=O)(=O)O. The zero-order chi connectivity index (χ0) is 25.8. The maximum absolute atomic E-state index is 12.2. The van der Waals surface area contributed by atoms with Crippen molar-refractivity contribution in [1.82, 2.24) is 32.2 Å². The number of benzene rings is 2. The highest BCUT2D eigenvalue weighted by Gasteiger charge is 2.27. The number of nitrogens with one attached hydrogen (secondary N) is 4. The Labute approximate surface area is 206 Å². The Bertz CT molecular complexity index is 1400. The Hall–Kier alpha value is -4.38. The maximum atomic E-state index is 12.2. The van der Waals surface area contributed by atoms with E-state index in [0.717, 1.165) is 10.5 Å². The second-order valence-corrected chi connectivity index (χ2v) is 9.83. The first-order valence-corrected chi connectivity index (χ1v) is 12.9. The van der Waals surface area contributed by atoms with Crippen LogP contribution in [0.1, 0.15) is 11.1 Å². The van der Waals surface area contributed by atoms with Crippen molar-refractivity contribution >= 4 is 44.1 Å². The van der Waals surface area contributed by atoms with Gasteiger partial charge in [0.2, 0.25) is 0 Å². The van der Waals surface area contributed by atoms with Crippen LogP contribution in [0.15, 0.2) is 93.1 Å². The van der Waals surface area contributed by atoms with Crippen LogP contribution in [0.2, 0.25) is 0 Å². The fraction of sp³-hybridized carbons (Fsp3) is 0. The van der Waals surface area contributed by atoms with Crippen LogP contribution >= 0.6 is 0 Å². The van der Waals surface area contributed by atoms with Gasteiger partial charge < -0.3 is 0 Å². The third kappa shape index (κ3) is 5.63. The summed E-state index contributed by atoms with van der Waals surface area (Å²) in [6.45, 7) is 0. The van der Waals surface area contributed by atoms with Gasteiger partial charge >= 0.3 is 0 Å². The third-order valence-corrected chi connectivity index (χ3v) is 6.50. The normalized spacial score (nSPS) is 15.7. The molecule has 188 valence electrons. The fourth-order valence-electron chi connectivity index (χ4n) is 3.22. The lowest BCUT2D eigenvalue weighted by molar-refractivity contribution is 0.176. The van der Waals surface area contributed by atoms with Crippen LogP contribution in [0.25, 0.3) is 11.4 Å². The molecule has 4 rings (SSSR count). The minimum Gasteiger partial charge on any atom is -0.282 e. The van der Waals surface area contributed by atoms with E-state index < -0.39 is 30.0 Å². The standard InChI is InChI=1S/C20H20N8O6S2/c29-35(30,31)17-9-3-1-7-15(17)19(25-27-21-11-5-12-22-27)20(26-28-23-13-6-14-24-28)16-8-2-4-10-18(16)36(32,33)34/h1-14,21,23,25-26H,(H,29,30,31)(H,32,33,34). The van der Waals surface area contributed by atoms with Crippen molar-refractivity contribution in [3.63, 3.8) is 0 Å². The van der Waals surface area contributed by atoms with Gasteiger partial charge in [0, 0.05) is 23.5 Å². The molecule has 0 saturated heterocycles. The Kier molecular flexibility index (Phi) is 6.93. The highest BCUT2D eigenvalue weighted by molar-refractivity contribution is 7.86. The highest BCUT2D eigenvalue weighted by Crippen LogP contribution is 2.31. The zero-order valence-electron chi connectivity index (χ0n) is 18.2. The van der Waals surface area contributed by atoms with Crippen LogP contribution in [-0.4, -0.2) is 48.8 Å². The number of rotatable bonds is 8. The van der Waals surface area contributed by atoms with E-state index in [-0.39, 0.29) is 22.5 Å². The Morgan fingerprint density at radius 3 is 1.42 bits per heavy atom. The van der Waals surface area contributed by atoms with Crippen LogP contribution in [0.4, 0.5) is 0 Å². The van der Waals surface area contributed by atoms with Crippen LogP contribution in [-0.2, 0) is 20.2 Å². The lowest BCUT2D eigenvalue weighted by Gasteiger charge is -2.29. The van der Waals surface area contributed by atoms with Gasteiger partial charge in [0.25, 0.3) is 20.2 Å². The van der Waals surface area contributed by atoms with Gasteiger partial charge in [-0.1, -0.05) is 36.4 Å². The van der Waals surface area contributed by atoms with E-state index in [2.05, 4.69) is 31.9 Å². The van der Waals surface area contributed by atoms with E-state index in [1.807, 2.05) is 0 Å². The first-order chi connectivity index (χ1) is 17.1. The molecule has 0 radical (unpaired) electrons. The van der Waals surface area contributed by atoms with Crippen molar-refractivity contribution in [2.45, 2.75) is 9.79 Å². The van der Waals surface area contributed by atoms with E-state index in [1.165, 1.54) is 73.4 Å². The summed E-state index contributed by atoms with van der Waals surface area (Å²) < 4.78 is 68.8. The molecule has 0 amide bonds.